The number of nitrogens with zero attached hydrogens (tertiary/aromatic N) is 2. The molecule has 0 aliphatic carbocycles. The summed E-state index contributed by atoms with van der Waals surface area (Å²) in [5.41, 5.74) is 2.98. The Hall–Kier alpha value is -4.92. The molecule has 0 radical (unpaired) electrons. The zero-order chi connectivity index (χ0) is 31.9. The molecule has 4 aromatic rings. The Morgan fingerprint density at radius 3 is 2.28 bits per heavy atom. The largest absolute Gasteiger partial charge is 0.507 e. The zero-order valence-electron chi connectivity index (χ0n) is 25.9. The number of amides is 1. The number of aryl methyl sites for hydroxylation is 1. The number of aliphatic hydroxyl groups excluding tert-OH is 1. The minimum absolute atomic E-state index is 0.0642. The molecule has 0 saturated carbocycles. The van der Waals surface area contributed by atoms with Crippen LogP contribution in [0.2, 0.25) is 0 Å². The van der Waals surface area contributed by atoms with Gasteiger partial charge in [0, 0.05) is 31.7 Å². The highest BCUT2D eigenvalue weighted by Gasteiger charge is 2.46. The van der Waals surface area contributed by atoms with Gasteiger partial charge in [-0.1, -0.05) is 60.7 Å². The molecule has 1 atom stereocenters. The van der Waals surface area contributed by atoms with Gasteiger partial charge >= 0.3 is 0 Å². The van der Waals surface area contributed by atoms with E-state index in [1.807, 2.05) is 97.9 Å². The minimum Gasteiger partial charge on any atom is -0.507 e. The van der Waals surface area contributed by atoms with E-state index in [2.05, 4.69) is 4.90 Å². The van der Waals surface area contributed by atoms with Crippen LogP contribution < -0.4 is 9.47 Å². The van der Waals surface area contributed by atoms with Gasteiger partial charge in [0.05, 0.1) is 24.8 Å². The first-order valence-corrected chi connectivity index (χ1v) is 15.7. The molecule has 1 amide bonds. The maximum Gasteiger partial charge on any atom is 0.295 e. The molecule has 2 saturated heterocycles. The Bertz CT molecular complexity index is 1700. The molecule has 0 unspecified atom stereocenters. The number of aliphatic hydroxyl groups is 1. The third kappa shape index (κ3) is 7.14. The van der Waals surface area contributed by atoms with Gasteiger partial charge in [-0.05, 0) is 72.5 Å². The number of likely N-dealkylation sites (tertiary alicyclic amines) is 1. The van der Waals surface area contributed by atoms with Crippen LogP contribution in [0.5, 0.6) is 17.2 Å². The van der Waals surface area contributed by atoms with Crippen LogP contribution in [0.4, 0.5) is 0 Å². The van der Waals surface area contributed by atoms with Gasteiger partial charge in [-0.15, -0.1) is 0 Å². The number of benzene rings is 4. The molecule has 0 aromatic heterocycles. The second-order valence-corrected chi connectivity index (χ2v) is 11.5. The summed E-state index contributed by atoms with van der Waals surface area (Å²) >= 11 is 0. The van der Waals surface area contributed by atoms with Gasteiger partial charge in [0.15, 0.2) is 0 Å². The first kappa shape index (κ1) is 31.1. The van der Waals surface area contributed by atoms with Gasteiger partial charge in [0.1, 0.15) is 29.6 Å². The lowest BCUT2D eigenvalue weighted by Crippen LogP contribution is -2.38. The molecule has 0 spiro atoms. The predicted octanol–water partition coefficient (Wildman–Crippen LogP) is 6.51. The number of carbonyl (C=O) groups excluding carboxylic acids is 2. The number of ether oxygens (including phenoxy) is 3. The van der Waals surface area contributed by atoms with Crippen molar-refractivity contribution < 1.29 is 28.9 Å². The molecule has 236 valence electrons. The van der Waals surface area contributed by atoms with E-state index >= 15 is 0 Å². The topological polar surface area (TPSA) is 88.5 Å². The first-order chi connectivity index (χ1) is 22.5. The molecule has 4 aromatic carbocycles. The van der Waals surface area contributed by atoms with Crippen LogP contribution in [0.1, 0.15) is 34.7 Å². The summed E-state index contributed by atoms with van der Waals surface area (Å²) in [4.78, 5) is 31.2. The van der Waals surface area contributed by atoms with Crippen molar-refractivity contribution >= 4 is 17.4 Å². The van der Waals surface area contributed by atoms with Crippen LogP contribution in [0.25, 0.3) is 5.76 Å². The number of morpholine rings is 1. The van der Waals surface area contributed by atoms with E-state index in [4.69, 9.17) is 14.2 Å². The number of rotatable bonds is 11. The number of hydrogen-bond donors (Lipinski definition) is 1. The van der Waals surface area contributed by atoms with Gasteiger partial charge in [-0.3, -0.25) is 14.5 Å². The first-order valence-electron chi connectivity index (χ1n) is 15.7. The standard InChI is InChI=1S/C38H38N2O6/c1-27-24-31(45-26-28-10-4-2-5-11-28)16-17-33(27)36(41)34-35(29-12-8-15-32(25-29)46-30-13-6-3-7-14-30)40(38(43)37(34)42)19-9-18-39-20-22-44-23-21-39/h2-8,10-17,24-25,35,41H,9,18-23,26H2,1H3/t35-/m1/s1. The van der Waals surface area contributed by atoms with Crippen molar-refractivity contribution in [3.05, 3.63) is 131 Å². The van der Waals surface area contributed by atoms with Gasteiger partial charge in [-0.2, -0.15) is 0 Å². The maximum absolute atomic E-state index is 13.7. The molecular formula is C38H38N2O6. The number of ketones is 1. The normalized spacial score (nSPS) is 18.1. The fourth-order valence-corrected chi connectivity index (χ4v) is 6.00. The van der Waals surface area contributed by atoms with E-state index in [1.54, 1.807) is 17.0 Å². The Balaban J connectivity index is 1.31. The minimum atomic E-state index is -0.780. The summed E-state index contributed by atoms with van der Waals surface area (Å²) in [6.07, 6.45) is 0.677. The average Bonchev–Trinajstić information content (AvgIpc) is 3.34. The van der Waals surface area contributed by atoms with E-state index in [9.17, 15) is 14.7 Å². The monoisotopic (exact) mass is 618 g/mol. The highest BCUT2D eigenvalue weighted by atomic mass is 16.5. The predicted molar refractivity (Wildman–Crippen MR) is 176 cm³/mol. The van der Waals surface area contributed by atoms with Crippen LogP contribution >= 0.6 is 0 Å². The second-order valence-electron chi connectivity index (χ2n) is 11.5. The van der Waals surface area contributed by atoms with Crippen molar-refractivity contribution in [2.24, 2.45) is 0 Å². The van der Waals surface area contributed by atoms with Crippen molar-refractivity contribution in [3.63, 3.8) is 0 Å². The maximum atomic E-state index is 13.7. The molecule has 2 aliphatic heterocycles. The van der Waals surface area contributed by atoms with E-state index in [0.717, 1.165) is 30.8 Å². The molecule has 46 heavy (non-hydrogen) atoms. The summed E-state index contributed by atoms with van der Waals surface area (Å²) < 4.78 is 17.5. The fraction of sp³-hybridized carbons (Fsp3) is 0.263. The van der Waals surface area contributed by atoms with Gasteiger partial charge < -0.3 is 24.2 Å². The third-order valence-electron chi connectivity index (χ3n) is 8.37. The number of para-hydroxylation sites is 1. The molecular weight excluding hydrogens is 580 g/mol. The van der Waals surface area contributed by atoms with E-state index in [0.29, 0.717) is 61.2 Å². The van der Waals surface area contributed by atoms with E-state index < -0.39 is 17.7 Å². The summed E-state index contributed by atoms with van der Waals surface area (Å²) in [5, 5.41) is 11.8. The van der Waals surface area contributed by atoms with Crippen LogP contribution in [0, 0.1) is 6.92 Å². The van der Waals surface area contributed by atoms with Crippen LogP contribution in [-0.2, 0) is 20.9 Å². The second kappa shape index (κ2) is 14.5. The summed E-state index contributed by atoms with van der Waals surface area (Å²) in [5.74, 6) is 0.350. The average molecular weight is 619 g/mol. The molecule has 2 heterocycles. The Morgan fingerprint density at radius 1 is 0.826 bits per heavy atom. The van der Waals surface area contributed by atoms with Crippen LogP contribution in [-0.4, -0.2) is 66.0 Å². The Morgan fingerprint density at radius 2 is 1.54 bits per heavy atom. The molecule has 6 rings (SSSR count). The highest BCUT2D eigenvalue weighted by molar-refractivity contribution is 6.46. The summed E-state index contributed by atoms with van der Waals surface area (Å²) in [7, 11) is 0. The van der Waals surface area contributed by atoms with E-state index in [1.165, 1.54) is 0 Å². The molecule has 8 nitrogen and oxygen atoms in total. The summed E-state index contributed by atoms with van der Waals surface area (Å²) in [6, 6.07) is 31.2. The van der Waals surface area contributed by atoms with Gasteiger partial charge in [-0.25, -0.2) is 0 Å². The van der Waals surface area contributed by atoms with Crippen LogP contribution in [0.15, 0.2) is 109 Å². The number of Topliss-reactive ketones (excluding diaryl/α,β-unsaturated/α-hetero) is 1. The SMILES string of the molecule is Cc1cc(OCc2ccccc2)ccc1C(O)=C1C(=O)C(=O)N(CCCN2CCOCC2)[C@@H]1c1cccc(Oc2ccccc2)c1. The summed E-state index contributed by atoms with van der Waals surface area (Å²) in [6.45, 7) is 6.45. The van der Waals surface area contributed by atoms with Crippen molar-refractivity contribution in [2.75, 3.05) is 39.4 Å². The lowest BCUT2D eigenvalue weighted by molar-refractivity contribution is -0.140. The quantitative estimate of drug-likeness (QED) is 0.116. The Labute approximate surface area is 269 Å². The van der Waals surface area contributed by atoms with E-state index in [-0.39, 0.29) is 11.3 Å². The van der Waals surface area contributed by atoms with Gasteiger partial charge in [0.25, 0.3) is 11.7 Å². The van der Waals surface area contributed by atoms with Crippen molar-refractivity contribution in [3.8, 4) is 17.2 Å². The number of carbonyl (C=O) groups is 2. The van der Waals surface area contributed by atoms with Crippen molar-refractivity contribution in [1.29, 1.82) is 0 Å². The van der Waals surface area contributed by atoms with Crippen molar-refractivity contribution in [1.82, 2.24) is 9.80 Å². The molecule has 0 bridgehead atoms. The van der Waals surface area contributed by atoms with Crippen LogP contribution in [0.3, 0.4) is 0 Å². The molecule has 2 aliphatic rings. The smallest absolute Gasteiger partial charge is 0.295 e. The fourth-order valence-electron chi connectivity index (χ4n) is 6.00. The molecule has 1 N–H and O–H groups in total. The lowest BCUT2D eigenvalue weighted by atomic mass is 9.93. The van der Waals surface area contributed by atoms with Crippen molar-refractivity contribution in [2.45, 2.75) is 26.0 Å². The number of hydrogen-bond acceptors (Lipinski definition) is 7. The molecule has 8 heteroatoms. The highest BCUT2D eigenvalue weighted by Crippen LogP contribution is 2.41. The van der Waals surface area contributed by atoms with Gasteiger partial charge in [0.2, 0.25) is 0 Å². The molecule has 2 fully saturated rings. The zero-order valence-corrected chi connectivity index (χ0v) is 25.9. The lowest BCUT2D eigenvalue weighted by Gasteiger charge is -2.29. The third-order valence-corrected chi connectivity index (χ3v) is 8.37. The Kier molecular flexibility index (Phi) is 9.76.